The second-order valence-corrected chi connectivity index (χ2v) is 4.68. The fourth-order valence-electron chi connectivity index (χ4n) is 2.35. The van der Waals surface area contributed by atoms with E-state index in [2.05, 4.69) is 22.3 Å². The van der Waals surface area contributed by atoms with Gasteiger partial charge in [0.05, 0.1) is 17.5 Å². The van der Waals surface area contributed by atoms with Crippen molar-refractivity contribution in [3.63, 3.8) is 0 Å². The monoisotopic (exact) mass is 243 g/mol. The van der Waals surface area contributed by atoms with E-state index in [1.807, 2.05) is 19.4 Å². The average molecular weight is 243 g/mol. The highest BCUT2D eigenvalue weighted by atomic mass is 15.2. The van der Waals surface area contributed by atoms with Crippen molar-refractivity contribution in [1.82, 2.24) is 25.1 Å². The Kier molecular flexibility index (Phi) is 2.83. The summed E-state index contributed by atoms with van der Waals surface area (Å²) in [5, 5.41) is 7.53. The number of hydrogen-bond acceptors (Lipinski definition) is 4. The smallest absolute Gasteiger partial charge is 0.162 e. The van der Waals surface area contributed by atoms with Crippen molar-refractivity contribution in [1.29, 1.82) is 0 Å². The number of aromatic nitrogens is 4. The van der Waals surface area contributed by atoms with Crippen molar-refractivity contribution < 1.29 is 0 Å². The van der Waals surface area contributed by atoms with Crippen LogP contribution in [0.5, 0.6) is 0 Å². The maximum atomic E-state index is 4.71. The molecule has 2 aromatic rings. The highest BCUT2D eigenvalue weighted by Crippen LogP contribution is 2.22. The van der Waals surface area contributed by atoms with Crippen molar-refractivity contribution in [3.8, 4) is 11.4 Å². The van der Waals surface area contributed by atoms with E-state index < -0.39 is 0 Å². The van der Waals surface area contributed by atoms with Gasteiger partial charge in [0.2, 0.25) is 0 Å². The Hall–Kier alpha value is -1.75. The molecule has 0 bridgehead atoms. The molecule has 0 aliphatic carbocycles. The van der Waals surface area contributed by atoms with Gasteiger partial charge in [0.15, 0.2) is 5.82 Å². The number of nitrogens with one attached hydrogen (secondary N) is 1. The third-order valence-electron chi connectivity index (χ3n) is 3.22. The maximum absolute atomic E-state index is 4.71. The lowest BCUT2D eigenvalue weighted by Gasteiger charge is -2.07. The first-order valence-electron chi connectivity index (χ1n) is 6.36. The summed E-state index contributed by atoms with van der Waals surface area (Å²) in [7, 11) is 1.91. The first-order chi connectivity index (χ1) is 8.78. The first-order valence-corrected chi connectivity index (χ1v) is 6.36. The van der Waals surface area contributed by atoms with Crippen LogP contribution < -0.4 is 5.32 Å². The fourth-order valence-corrected chi connectivity index (χ4v) is 2.35. The van der Waals surface area contributed by atoms with Gasteiger partial charge in [-0.3, -0.25) is 4.68 Å². The van der Waals surface area contributed by atoms with Crippen molar-refractivity contribution in [3.05, 3.63) is 29.3 Å². The van der Waals surface area contributed by atoms with E-state index in [4.69, 9.17) is 4.98 Å². The molecule has 94 valence electrons. The minimum Gasteiger partial charge on any atom is -0.307 e. The van der Waals surface area contributed by atoms with Crippen molar-refractivity contribution in [2.24, 2.45) is 7.05 Å². The number of nitrogens with zero attached hydrogens (tertiary/aromatic N) is 4. The molecule has 18 heavy (non-hydrogen) atoms. The first kappa shape index (κ1) is 11.3. The molecule has 0 spiro atoms. The Bertz CT molecular complexity index is 573. The van der Waals surface area contributed by atoms with Crippen LogP contribution in [0.25, 0.3) is 11.4 Å². The molecule has 5 nitrogen and oxygen atoms in total. The van der Waals surface area contributed by atoms with Crippen LogP contribution in [0.1, 0.15) is 30.3 Å². The molecule has 0 amide bonds. The zero-order valence-electron chi connectivity index (χ0n) is 10.8. The Balaban J connectivity index is 2.08. The molecule has 1 N–H and O–H groups in total. The van der Waals surface area contributed by atoms with Crippen LogP contribution in [-0.2, 0) is 26.6 Å². The molecule has 2 aromatic heterocycles. The standard InChI is InChI=1S/C13H17N5/c1-3-4-11-10-6-14-7-12(10)17-13(16-11)9-5-15-18(2)8-9/h5,8,14H,3-4,6-7H2,1-2H3. The van der Waals surface area contributed by atoms with E-state index in [9.17, 15) is 0 Å². The highest BCUT2D eigenvalue weighted by Gasteiger charge is 2.19. The van der Waals surface area contributed by atoms with Crippen LogP contribution in [0.3, 0.4) is 0 Å². The van der Waals surface area contributed by atoms with Gasteiger partial charge < -0.3 is 5.32 Å². The van der Waals surface area contributed by atoms with Gasteiger partial charge in [0.1, 0.15) is 0 Å². The zero-order valence-corrected chi connectivity index (χ0v) is 10.8. The molecule has 0 fully saturated rings. The Morgan fingerprint density at radius 2 is 2.22 bits per heavy atom. The Labute approximate surface area is 106 Å². The van der Waals surface area contributed by atoms with Gasteiger partial charge >= 0.3 is 0 Å². The minimum atomic E-state index is 0.800. The van der Waals surface area contributed by atoms with Gasteiger partial charge in [-0.1, -0.05) is 13.3 Å². The van der Waals surface area contributed by atoms with E-state index in [1.165, 1.54) is 11.3 Å². The summed E-state index contributed by atoms with van der Waals surface area (Å²) < 4.78 is 1.78. The summed E-state index contributed by atoms with van der Waals surface area (Å²) >= 11 is 0. The summed E-state index contributed by atoms with van der Waals surface area (Å²) in [6, 6.07) is 0. The molecule has 0 aromatic carbocycles. The predicted molar refractivity (Wildman–Crippen MR) is 68.8 cm³/mol. The van der Waals surface area contributed by atoms with E-state index >= 15 is 0 Å². The SMILES string of the molecule is CCCc1nc(-c2cnn(C)c2)nc2c1CNC2. The molecule has 0 radical (unpaired) electrons. The summed E-state index contributed by atoms with van der Waals surface area (Å²) in [5.41, 5.74) is 4.62. The normalized spacial score (nSPS) is 13.9. The van der Waals surface area contributed by atoms with Crippen LogP contribution in [0.15, 0.2) is 12.4 Å². The van der Waals surface area contributed by atoms with Gasteiger partial charge in [-0.15, -0.1) is 0 Å². The Morgan fingerprint density at radius 1 is 1.33 bits per heavy atom. The summed E-state index contributed by atoms with van der Waals surface area (Å²) in [6.07, 6.45) is 5.90. The molecule has 5 heteroatoms. The molecule has 3 rings (SSSR count). The van der Waals surface area contributed by atoms with Gasteiger partial charge in [0.25, 0.3) is 0 Å². The topological polar surface area (TPSA) is 55.6 Å². The zero-order chi connectivity index (χ0) is 12.5. The third kappa shape index (κ3) is 1.90. The largest absolute Gasteiger partial charge is 0.307 e. The number of fused-ring (bicyclic) bond motifs is 1. The fraction of sp³-hybridized carbons (Fsp3) is 0.462. The van der Waals surface area contributed by atoms with Gasteiger partial charge in [-0.25, -0.2) is 9.97 Å². The van der Waals surface area contributed by atoms with Crippen LogP contribution in [0.2, 0.25) is 0 Å². The molecular formula is C13H17N5. The quantitative estimate of drug-likeness (QED) is 0.886. The summed E-state index contributed by atoms with van der Waals surface area (Å²) in [6.45, 7) is 3.93. The number of rotatable bonds is 3. The molecular weight excluding hydrogens is 226 g/mol. The highest BCUT2D eigenvalue weighted by molar-refractivity contribution is 5.53. The molecule has 1 aliphatic rings. The molecule has 0 unspecified atom stereocenters. The molecule has 0 saturated carbocycles. The third-order valence-corrected chi connectivity index (χ3v) is 3.22. The van der Waals surface area contributed by atoms with Gasteiger partial charge in [-0.2, -0.15) is 5.10 Å². The molecule has 0 atom stereocenters. The van der Waals surface area contributed by atoms with Gasteiger partial charge in [0, 0.05) is 37.6 Å². The van der Waals surface area contributed by atoms with E-state index in [0.29, 0.717) is 0 Å². The molecule has 0 saturated heterocycles. The lowest BCUT2D eigenvalue weighted by molar-refractivity contribution is 0.753. The number of hydrogen-bond donors (Lipinski definition) is 1. The summed E-state index contributed by atoms with van der Waals surface area (Å²) in [4.78, 5) is 9.37. The average Bonchev–Trinajstić information content (AvgIpc) is 2.97. The second kappa shape index (κ2) is 4.49. The van der Waals surface area contributed by atoms with Crippen molar-refractivity contribution >= 4 is 0 Å². The predicted octanol–water partition coefficient (Wildman–Crippen LogP) is 1.43. The van der Waals surface area contributed by atoms with Gasteiger partial charge in [-0.05, 0) is 6.42 Å². The number of aryl methyl sites for hydroxylation is 2. The van der Waals surface area contributed by atoms with Crippen LogP contribution >= 0.6 is 0 Å². The van der Waals surface area contributed by atoms with Crippen LogP contribution in [0.4, 0.5) is 0 Å². The lowest BCUT2D eigenvalue weighted by Crippen LogP contribution is -2.03. The maximum Gasteiger partial charge on any atom is 0.162 e. The van der Waals surface area contributed by atoms with Crippen LogP contribution in [-0.4, -0.2) is 19.7 Å². The van der Waals surface area contributed by atoms with Crippen molar-refractivity contribution in [2.45, 2.75) is 32.9 Å². The van der Waals surface area contributed by atoms with E-state index in [-0.39, 0.29) is 0 Å². The van der Waals surface area contributed by atoms with E-state index in [1.54, 1.807) is 4.68 Å². The molecule has 1 aliphatic heterocycles. The lowest BCUT2D eigenvalue weighted by atomic mass is 10.1. The summed E-state index contributed by atoms with van der Waals surface area (Å²) in [5.74, 6) is 0.800. The minimum absolute atomic E-state index is 0.800. The van der Waals surface area contributed by atoms with Crippen LogP contribution in [0, 0.1) is 0 Å². The Morgan fingerprint density at radius 3 is 2.94 bits per heavy atom. The second-order valence-electron chi connectivity index (χ2n) is 4.68. The van der Waals surface area contributed by atoms with E-state index in [0.717, 1.165) is 43.0 Å². The molecule has 3 heterocycles. The van der Waals surface area contributed by atoms with Crippen molar-refractivity contribution in [2.75, 3.05) is 0 Å².